The molecular formula is C17H11F6N3O2S. The molecule has 0 unspecified atom stereocenters. The van der Waals surface area contributed by atoms with Crippen molar-refractivity contribution in [1.82, 2.24) is 14.8 Å². The van der Waals surface area contributed by atoms with E-state index in [4.69, 9.17) is 0 Å². The minimum Gasteiger partial charge on any atom is -0.462 e. The van der Waals surface area contributed by atoms with E-state index in [0.717, 1.165) is 29.7 Å². The van der Waals surface area contributed by atoms with Gasteiger partial charge in [0.2, 0.25) is 5.13 Å². The number of thiazole rings is 1. The Morgan fingerprint density at radius 2 is 1.76 bits per heavy atom. The van der Waals surface area contributed by atoms with E-state index in [-0.39, 0.29) is 23.0 Å². The van der Waals surface area contributed by atoms with Gasteiger partial charge in [-0.25, -0.2) is 14.5 Å². The van der Waals surface area contributed by atoms with Gasteiger partial charge in [0, 0.05) is 10.9 Å². The highest BCUT2D eigenvalue weighted by Crippen LogP contribution is 2.36. The van der Waals surface area contributed by atoms with Crippen LogP contribution in [0.4, 0.5) is 26.3 Å². The second-order valence-electron chi connectivity index (χ2n) is 5.63. The molecule has 0 fully saturated rings. The Kier molecular flexibility index (Phi) is 5.39. The first-order valence-electron chi connectivity index (χ1n) is 7.98. The van der Waals surface area contributed by atoms with Crippen molar-refractivity contribution in [2.24, 2.45) is 0 Å². The molecule has 0 N–H and O–H groups in total. The first-order valence-corrected chi connectivity index (χ1v) is 8.86. The molecule has 2 aromatic heterocycles. The first-order chi connectivity index (χ1) is 13.5. The van der Waals surface area contributed by atoms with Gasteiger partial charge in [0.15, 0.2) is 5.69 Å². The average molecular weight is 435 g/mol. The molecule has 5 nitrogen and oxygen atoms in total. The summed E-state index contributed by atoms with van der Waals surface area (Å²) in [5, 5.41) is 4.78. The van der Waals surface area contributed by atoms with Crippen molar-refractivity contribution >= 4 is 17.3 Å². The van der Waals surface area contributed by atoms with Crippen LogP contribution < -0.4 is 0 Å². The fourth-order valence-corrected chi connectivity index (χ4v) is 3.24. The normalized spacial score (nSPS) is 12.2. The van der Waals surface area contributed by atoms with Crippen molar-refractivity contribution in [2.75, 3.05) is 6.61 Å². The molecule has 0 aliphatic carbocycles. The van der Waals surface area contributed by atoms with Crippen LogP contribution in [-0.2, 0) is 17.1 Å². The molecule has 0 atom stereocenters. The third kappa shape index (κ3) is 4.26. The first kappa shape index (κ1) is 20.8. The van der Waals surface area contributed by atoms with Gasteiger partial charge in [-0.15, -0.1) is 11.3 Å². The maximum absolute atomic E-state index is 13.5. The second-order valence-corrected chi connectivity index (χ2v) is 6.46. The van der Waals surface area contributed by atoms with Crippen molar-refractivity contribution in [3.05, 3.63) is 52.7 Å². The van der Waals surface area contributed by atoms with Crippen LogP contribution in [0.15, 0.2) is 35.8 Å². The van der Waals surface area contributed by atoms with E-state index in [0.29, 0.717) is 4.68 Å². The number of nitrogens with zero attached hydrogens (tertiary/aromatic N) is 3. The molecule has 0 amide bonds. The van der Waals surface area contributed by atoms with Gasteiger partial charge in [-0.3, -0.25) is 0 Å². The Morgan fingerprint density at radius 3 is 2.31 bits per heavy atom. The minimum absolute atomic E-state index is 0.114. The van der Waals surface area contributed by atoms with Crippen LogP contribution in [0.2, 0.25) is 0 Å². The second kappa shape index (κ2) is 7.50. The monoisotopic (exact) mass is 435 g/mol. The molecule has 0 spiro atoms. The summed E-state index contributed by atoms with van der Waals surface area (Å²) in [6, 6.07) is 4.03. The number of ether oxygens (including phenoxy) is 1. The zero-order valence-electron chi connectivity index (χ0n) is 14.5. The lowest BCUT2D eigenvalue weighted by atomic mass is 10.1. The summed E-state index contributed by atoms with van der Waals surface area (Å²) in [5.74, 6) is -1.18. The summed E-state index contributed by atoms with van der Waals surface area (Å²) in [6.07, 6.45) is -8.69. The van der Waals surface area contributed by atoms with Crippen LogP contribution in [0.1, 0.15) is 28.5 Å². The molecule has 0 radical (unpaired) electrons. The summed E-state index contributed by atoms with van der Waals surface area (Å²) >= 11 is 0.791. The molecular weight excluding hydrogens is 424 g/mol. The Morgan fingerprint density at radius 1 is 1.10 bits per heavy atom. The van der Waals surface area contributed by atoms with Gasteiger partial charge in [0.1, 0.15) is 5.56 Å². The van der Waals surface area contributed by atoms with Gasteiger partial charge in [0.05, 0.1) is 24.1 Å². The largest absolute Gasteiger partial charge is 0.462 e. The van der Waals surface area contributed by atoms with Gasteiger partial charge >= 0.3 is 18.3 Å². The van der Waals surface area contributed by atoms with Gasteiger partial charge in [-0.05, 0) is 19.1 Å². The number of rotatable bonds is 4. The third-order valence-electron chi connectivity index (χ3n) is 3.71. The topological polar surface area (TPSA) is 57.0 Å². The lowest BCUT2D eigenvalue weighted by molar-refractivity contribution is -0.143. The van der Waals surface area contributed by atoms with Gasteiger partial charge in [0.25, 0.3) is 0 Å². The number of carbonyl (C=O) groups is 1. The van der Waals surface area contributed by atoms with E-state index in [1.165, 1.54) is 24.4 Å². The maximum atomic E-state index is 13.5. The van der Waals surface area contributed by atoms with Crippen molar-refractivity contribution in [3.63, 3.8) is 0 Å². The molecule has 0 aliphatic rings. The van der Waals surface area contributed by atoms with Crippen LogP contribution in [-0.4, -0.2) is 27.3 Å². The SMILES string of the molecule is CCOC(=O)c1cnn(-c2nc(-c3ccc(C(F)(F)F)cc3)cs2)c1C(F)(F)F. The molecule has 12 heteroatoms. The van der Waals surface area contributed by atoms with Crippen LogP contribution in [0.5, 0.6) is 0 Å². The highest BCUT2D eigenvalue weighted by atomic mass is 32.1. The number of esters is 1. The lowest BCUT2D eigenvalue weighted by Gasteiger charge is -2.10. The van der Waals surface area contributed by atoms with E-state index in [9.17, 15) is 31.1 Å². The zero-order chi connectivity index (χ0) is 21.4. The number of carbonyl (C=O) groups excluding carboxylic acids is 1. The molecule has 29 heavy (non-hydrogen) atoms. The van der Waals surface area contributed by atoms with Gasteiger partial charge in [-0.2, -0.15) is 31.4 Å². The quantitative estimate of drug-likeness (QED) is 0.417. The molecule has 0 saturated carbocycles. The number of hydrogen-bond acceptors (Lipinski definition) is 5. The predicted octanol–water partition coefficient (Wildman–Crippen LogP) is 5.21. The Labute approximate surface area is 163 Å². The third-order valence-corrected chi connectivity index (χ3v) is 4.53. The summed E-state index contributed by atoms with van der Waals surface area (Å²) in [4.78, 5) is 15.8. The molecule has 2 heterocycles. The van der Waals surface area contributed by atoms with E-state index >= 15 is 0 Å². The Hall–Kier alpha value is -2.89. The average Bonchev–Trinajstić information content (AvgIpc) is 3.28. The highest BCUT2D eigenvalue weighted by Gasteiger charge is 2.41. The fourth-order valence-electron chi connectivity index (χ4n) is 2.45. The predicted molar refractivity (Wildman–Crippen MR) is 90.6 cm³/mol. The van der Waals surface area contributed by atoms with Crippen LogP contribution in [0, 0.1) is 0 Å². The van der Waals surface area contributed by atoms with Crippen molar-refractivity contribution in [2.45, 2.75) is 19.3 Å². The van der Waals surface area contributed by atoms with Crippen LogP contribution in [0.25, 0.3) is 16.4 Å². The van der Waals surface area contributed by atoms with E-state index in [2.05, 4.69) is 14.8 Å². The number of alkyl halides is 6. The maximum Gasteiger partial charge on any atom is 0.434 e. The molecule has 3 aromatic rings. The molecule has 1 aromatic carbocycles. The summed E-state index contributed by atoms with van der Waals surface area (Å²) < 4.78 is 83.6. The van der Waals surface area contributed by atoms with Crippen LogP contribution >= 0.6 is 11.3 Å². The molecule has 154 valence electrons. The summed E-state index contributed by atoms with van der Waals surface area (Å²) in [5.41, 5.74) is -2.51. The smallest absolute Gasteiger partial charge is 0.434 e. The van der Waals surface area contributed by atoms with E-state index in [1.54, 1.807) is 0 Å². The van der Waals surface area contributed by atoms with E-state index < -0.39 is 35.1 Å². The van der Waals surface area contributed by atoms with Crippen molar-refractivity contribution in [1.29, 1.82) is 0 Å². The van der Waals surface area contributed by atoms with Crippen molar-refractivity contribution < 1.29 is 35.9 Å². The molecule has 0 aliphatic heterocycles. The van der Waals surface area contributed by atoms with Gasteiger partial charge in [-0.1, -0.05) is 12.1 Å². The van der Waals surface area contributed by atoms with E-state index in [1.807, 2.05) is 0 Å². The molecule has 3 rings (SSSR count). The number of aromatic nitrogens is 3. The minimum atomic E-state index is -4.92. The molecule has 0 bridgehead atoms. The number of hydrogen-bond donors (Lipinski definition) is 0. The Bertz CT molecular complexity index is 1020. The zero-order valence-corrected chi connectivity index (χ0v) is 15.3. The number of benzene rings is 1. The fraction of sp³-hybridized carbons (Fsp3) is 0.235. The van der Waals surface area contributed by atoms with Crippen molar-refractivity contribution in [3.8, 4) is 16.4 Å². The number of halogens is 6. The highest BCUT2D eigenvalue weighted by molar-refractivity contribution is 7.12. The Balaban J connectivity index is 1.99. The summed E-state index contributed by atoms with van der Waals surface area (Å²) in [6.45, 7) is 1.34. The molecule has 0 saturated heterocycles. The van der Waals surface area contributed by atoms with Crippen LogP contribution in [0.3, 0.4) is 0 Å². The van der Waals surface area contributed by atoms with Gasteiger partial charge < -0.3 is 4.74 Å². The lowest BCUT2D eigenvalue weighted by Crippen LogP contribution is -2.18. The summed E-state index contributed by atoms with van der Waals surface area (Å²) in [7, 11) is 0. The standard InChI is InChI=1S/C17H11F6N3O2S/c1-2-28-14(27)11-7-24-26(13(11)17(21,22)23)15-25-12(8-29-15)9-3-5-10(6-4-9)16(18,19)20/h3-8H,2H2,1H3.